The second-order valence-electron chi connectivity index (χ2n) is 6.85. The first-order chi connectivity index (χ1) is 13.4. The molecule has 0 spiro atoms. The number of hydrogen-bond acceptors (Lipinski definition) is 4. The Morgan fingerprint density at radius 1 is 0.607 bits per heavy atom. The summed E-state index contributed by atoms with van der Waals surface area (Å²) in [7, 11) is 7.88. The Kier molecular flexibility index (Phi) is 6.22. The van der Waals surface area contributed by atoms with Crippen LogP contribution in [0.25, 0.3) is 11.4 Å². The van der Waals surface area contributed by atoms with E-state index in [-0.39, 0.29) is 0 Å². The van der Waals surface area contributed by atoms with Gasteiger partial charge < -0.3 is 9.80 Å². The quantitative estimate of drug-likeness (QED) is 0.687. The van der Waals surface area contributed by atoms with E-state index in [1.807, 2.05) is 98.9 Å². The molecule has 0 saturated carbocycles. The molecule has 0 saturated heterocycles. The number of hydrogen-bond donors (Lipinski definition) is 0. The first-order valence-corrected chi connectivity index (χ1v) is 9.57. The SMILES string of the molecule is CN(C)/C=C1\N=C(Cl)c2ccccc21.CN(C)/C=C1\N=C(Cl)c2ccccc21. The van der Waals surface area contributed by atoms with Crippen molar-refractivity contribution < 1.29 is 0 Å². The van der Waals surface area contributed by atoms with Gasteiger partial charge in [0.15, 0.2) is 0 Å². The average Bonchev–Trinajstić information content (AvgIpc) is 3.13. The number of rotatable bonds is 2. The van der Waals surface area contributed by atoms with Crippen molar-refractivity contribution in [3.63, 3.8) is 0 Å². The number of nitrogens with zero attached hydrogens (tertiary/aromatic N) is 4. The fourth-order valence-corrected chi connectivity index (χ4v) is 3.42. The minimum absolute atomic E-state index is 0.578. The van der Waals surface area contributed by atoms with Crippen molar-refractivity contribution in [3.8, 4) is 0 Å². The third-order valence-electron chi connectivity index (χ3n) is 4.05. The largest absolute Gasteiger partial charge is 0.382 e. The van der Waals surface area contributed by atoms with Crippen LogP contribution >= 0.6 is 23.2 Å². The minimum atomic E-state index is 0.578. The fourth-order valence-electron chi connectivity index (χ4n) is 2.91. The molecule has 144 valence electrons. The Balaban J connectivity index is 0.000000161. The second kappa shape index (κ2) is 8.63. The summed E-state index contributed by atoms with van der Waals surface area (Å²) in [6.07, 6.45) is 3.93. The van der Waals surface area contributed by atoms with Gasteiger partial charge in [0, 0.05) is 62.8 Å². The van der Waals surface area contributed by atoms with Gasteiger partial charge in [-0.3, -0.25) is 0 Å². The molecule has 0 bridgehead atoms. The van der Waals surface area contributed by atoms with Gasteiger partial charge in [0.25, 0.3) is 0 Å². The molecule has 2 aliphatic heterocycles. The molecule has 2 aromatic rings. The number of halogens is 2. The number of benzene rings is 2. The van der Waals surface area contributed by atoms with Crippen LogP contribution in [0.15, 0.2) is 70.9 Å². The highest BCUT2D eigenvalue weighted by atomic mass is 35.5. The van der Waals surface area contributed by atoms with E-state index >= 15 is 0 Å². The average molecular weight is 413 g/mol. The van der Waals surface area contributed by atoms with E-state index < -0.39 is 0 Å². The standard InChI is InChI=1S/2C11H11ClN2/c2*1-14(2)7-10-8-5-3-4-6-9(8)11(12)13-10/h2*3-7H,1-2H3/b2*10-7-. The summed E-state index contributed by atoms with van der Waals surface area (Å²) in [6.45, 7) is 0. The van der Waals surface area contributed by atoms with Crippen molar-refractivity contribution in [1.29, 1.82) is 0 Å². The molecule has 0 unspecified atom stereocenters. The van der Waals surface area contributed by atoms with E-state index in [2.05, 4.69) is 9.98 Å². The molecule has 4 nitrogen and oxygen atoms in total. The van der Waals surface area contributed by atoms with Crippen LogP contribution in [0.3, 0.4) is 0 Å². The zero-order valence-electron chi connectivity index (χ0n) is 16.3. The van der Waals surface area contributed by atoms with Gasteiger partial charge in [0.2, 0.25) is 0 Å². The zero-order chi connectivity index (χ0) is 20.3. The first-order valence-electron chi connectivity index (χ1n) is 8.81. The van der Waals surface area contributed by atoms with E-state index in [0.717, 1.165) is 33.6 Å². The lowest BCUT2D eigenvalue weighted by atomic mass is 10.1. The molecular weight excluding hydrogens is 391 g/mol. The van der Waals surface area contributed by atoms with Gasteiger partial charge >= 0.3 is 0 Å². The molecular formula is C22H22Cl2N4. The monoisotopic (exact) mass is 412 g/mol. The topological polar surface area (TPSA) is 31.2 Å². The molecule has 4 rings (SSSR count). The van der Waals surface area contributed by atoms with Gasteiger partial charge in [-0.15, -0.1) is 0 Å². The van der Waals surface area contributed by atoms with E-state index in [0.29, 0.717) is 10.3 Å². The lowest BCUT2D eigenvalue weighted by Gasteiger charge is -2.05. The van der Waals surface area contributed by atoms with Crippen LogP contribution in [-0.2, 0) is 0 Å². The molecule has 0 aliphatic carbocycles. The summed E-state index contributed by atoms with van der Waals surface area (Å²) in [5, 5.41) is 1.16. The molecule has 2 heterocycles. The van der Waals surface area contributed by atoms with Crippen molar-refractivity contribution in [1.82, 2.24) is 9.80 Å². The molecule has 6 heteroatoms. The van der Waals surface area contributed by atoms with E-state index in [9.17, 15) is 0 Å². The van der Waals surface area contributed by atoms with E-state index in [1.165, 1.54) is 0 Å². The third kappa shape index (κ3) is 4.46. The second-order valence-corrected chi connectivity index (χ2v) is 7.57. The van der Waals surface area contributed by atoms with Crippen molar-refractivity contribution in [3.05, 3.63) is 83.2 Å². The molecule has 0 N–H and O–H groups in total. The van der Waals surface area contributed by atoms with Crippen LogP contribution < -0.4 is 0 Å². The molecule has 0 atom stereocenters. The summed E-state index contributed by atoms with van der Waals surface area (Å²) in [6, 6.07) is 16.0. The lowest BCUT2D eigenvalue weighted by Crippen LogP contribution is -2.01. The molecule has 2 aromatic carbocycles. The predicted molar refractivity (Wildman–Crippen MR) is 121 cm³/mol. The van der Waals surface area contributed by atoms with Crippen molar-refractivity contribution >= 4 is 44.9 Å². The number of aliphatic imine (C=N–C) groups is 2. The van der Waals surface area contributed by atoms with Crippen LogP contribution in [0.5, 0.6) is 0 Å². The van der Waals surface area contributed by atoms with Gasteiger partial charge in [0.05, 0.1) is 11.4 Å². The van der Waals surface area contributed by atoms with E-state index in [4.69, 9.17) is 23.2 Å². The maximum atomic E-state index is 6.01. The predicted octanol–water partition coefficient (Wildman–Crippen LogP) is 5.09. The van der Waals surface area contributed by atoms with Crippen molar-refractivity contribution in [2.75, 3.05) is 28.2 Å². The Hall–Kier alpha value is -2.56. The summed E-state index contributed by atoms with van der Waals surface area (Å²) in [4.78, 5) is 12.5. The van der Waals surface area contributed by atoms with Crippen LogP contribution in [0.4, 0.5) is 0 Å². The zero-order valence-corrected chi connectivity index (χ0v) is 17.8. The molecule has 0 aromatic heterocycles. The van der Waals surface area contributed by atoms with Crippen LogP contribution in [0.2, 0.25) is 0 Å². The van der Waals surface area contributed by atoms with Gasteiger partial charge in [-0.2, -0.15) is 0 Å². The van der Waals surface area contributed by atoms with Gasteiger partial charge in [-0.05, 0) is 0 Å². The van der Waals surface area contributed by atoms with E-state index in [1.54, 1.807) is 0 Å². The molecule has 0 fully saturated rings. The molecule has 0 radical (unpaired) electrons. The van der Waals surface area contributed by atoms with Gasteiger partial charge in [-0.1, -0.05) is 71.7 Å². The first kappa shape index (κ1) is 20.2. The maximum Gasteiger partial charge on any atom is 0.137 e. The lowest BCUT2D eigenvalue weighted by molar-refractivity contribution is 0.565. The van der Waals surface area contributed by atoms with Crippen LogP contribution in [-0.4, -0.2) is 48.3 Å². The Bertz CT molecular complexity index is 920. The smallest absolute Gasteiger partial charge is 0.137 e. The highest BCUT2D eigenvalue weighted by molar-refractivity contribution is 6.71. The van der Waals surface area contributed by atoms with Crippen molar-refractivity contribution in [2.45, 2.75) is 0 Å². The maximum absolute atomic E-state index is 6.01. The van der Waals surface area contributed by atoms with Crippen molar-refractivity contribution in [2.24, 2.45) is 9.98 Å². The summed E-state index contributed by atoms with van der Waals surface area (Å²) in [5.41, 5.74) is 6.09. The third-order valence-corrected chi connectivity index (χ3v) is 4.62. The minimum Gasteiger partial charge on any atom is -0.382 e. The summed E-state index contributed by atoms with van der Waals surface area (Å²) >= 11 is 12.0. The highest BCUT2D eigenvalue weighted by Gasteiger charge is 2.18. The van der Waals surface area contributed by atoms with Gasteiger partial charge in [0.1, 0.15) is 10.3 Å². The highest BCUT2D eigenvalue weighted by Crippen LogP contribution is 2.30. The Morgan fingerprint density at radius 2 is 0.929 bits per heavy atom. The van der Waals surface area contributed by atoms with Crippen LogP contribution in [0.1, 0.15) is 22.3 Å². The molecule has 2 aliphatic rings. The van der Waals surface area contributed by atoms with Gasteiger partial charge in [-0.25, -0.2) is 9.98 Å². The summed E-state index contributed by atoms with van der Waals surface area (Å²) < 4.78 is 0. The summed E-state index contributed by atoms with van der Waals surface area (Å²) in [5.74, 6) is 0. The normalized spacial score (nSPS) is 16.8. The molecule has 0 amide bonds. The Morgan fingerprint density at radius 3 is 1.25 bits per heavy atom. The number of fused-ring (bicyclic) bond motifs is 2. The molecule has 28 heavy (non-hydrogen) atoms. The van der Waals surface area contributed by atoms with Crippen LogP contribution in [0, 0.1) is 0 Å². The fraction of sp³-hybridized carbons (Fsp3) is 0.182. The Labute approximate surface area is 176 Å².